The Morgan fingerprint density at radius 3 is 2.59 bits per heavy atom. The molecule has 3 heteroatoms. The van der Waals surface area contributed by atoms with Crippen molar-refractivity contribution in [2.24, 2.45) is 5.73 Å². The first-order valence-electron chi connectivity index (χ1n) is 6.23. The molecule has 0 saturated carbocycles. The second-order valence-electron chi connectivity index (χ2n) is 4.43. The zero-order chi connectivity index (χ0) is 12.7. The molecule has 3 nitrogen and oxygen atoms in total. The lowest BCUT2D eigenvalue weighted by atomic mass is 10.0. The third kappa shape index (κ3) is 4.57. The van der Waals surface area contributed by atoms with Crippen LogP contribution in [0.25, 0.3) is 0 Å². The summed E-state index contributed by atoms with van der Waals surface area (Å²) in [4.78, 5) is 11.9. The largest absolute Gasteiger partial charge is 0.354 e. The lowest BCUT2D eigenvalue weighted by Gasteiger charge is -2.15. The molecule has 0 radical (unpaired) electrons. The Kier molecular flexibility index (Phi) is 5.70. The highest BCUT2D eigenvalue weighted by Gasteiger charge is 2.14. The number of amides is 1. The predicted molar refractivity (Wildman–Crippen MR) is 70.8 cm³/mol. The van der Waals surface area contributed by atoms with E-state index in [1.165, 1.54) is 0 Å². The maximum atomic E-state index is 11.9. The van der Waals surface area contributed by atoms with Gasteiger partial charge in [0, 0.05) is 12.6 Å². The zero-order valence-corrected chi connectivity index (χ0v) is 10.6. The molecule has 1 aromatic carbocycles. The molecule has 0 bridgehead atoms. The van der Waals surface area contributed by atoms with Crippen LogP contribution in [0.15, 0.2) is 30.3 Å². The van der Waals surface area contributed by atoms with Gasteiger partial charge in [0.25, 0.3) is 0 Å². The lowest BCUT2D eigenvalue weighted by molar-refractivity contribution is -0.122. The molecule has 94 valence electrons. The summed E-state index contributed by atoms with van der Waals surface area (Å²) in [5, 5.41) is 2.90. The molecule has 0 aliphatic carbocycles. The molecule has 1 aromatic rings. The quantitative estimate of drug-likeness (QED) is 0.791. The second-order valence-corrected chi connectivity index (χ2v) is 4.43. The first kappa shape index (κ1) is 13.7. The van der Waals surface area contributed by atoms with Crippen molar-refractivity contribution in [3.05, 3.63) is 35.9 Å². The van der Waals surface area contributed by atoms with Crippen molar-refractivity contribution in [2.45, 2.75) is 38.6 Å². The number of nitrogens with one attached hydrogen (secondary N) is 1. The third-order valence-electron chi connectivity index (χ3n) is 2.89. The molecule has 1 amide bonds. The van der Waals surface area contributed by atoms with Gasteiger partial charge in [-0.25, -0.2) is 0 Å². The first-order chi connectivity index (χ1) is 8.15. The summed E-state index contributed by atoms with van der Waals surface area (Å²) in [7, 11) is 0. The maximum absolute atomic E-state index is 11.9. The normalized spacial score (nSPS) is 14.1. The Hall–Kier alpha value is -1.35. The minimum Gasteiger partial charge on any atom is -0.354 e. The summed E-state index contributed by atoms with van der Waals surface area (Å²) in [6.07, 6.45) is 1.99. The minimum absolute atomic E-state index is 0.0442. The molecule has 2 unspecified atom stereocenters. The molecule has 0 fully saturated rings. The molecular weight excluding hydrogens is 212 g/mol. The smallest absolute Gasteiger partial charge is 0.227 e. The van der Waals surface area contributed by atoms with Crippen LogP contribution < -0.4 is 11.1 Å². The Morgan fingerprint density at radius 1 is 1.35 bits per heavy atom. The Bertz CT molecular complexity index is 337. The Labute approximate surface area is 103 Å². The fourth-order valence-corrected chi connectivity index (χ4v) is 1.75. The first-order valence-corrected chi connectivity index (χ1v) is 6.23. The molecule has 0 heterocycles. The van der Waals surface area contributed by atoms with E-state index in [4.69, 9.17) is 5.73 Å². The van der Waals surface area contributed by atoms with Crippen LogP contribution in [0.3, 0.4) is 0 Å². The van der Waals surface area contributed by atoms with E-state index in [-0.39, 0.29) is 17.9 Å². The van der Waals surface area contributed by atoms with Gasteiger partial charge >= 0.3 is 0 Å². The molecule has 0 saturated heterocycles. The number of carbonyl (C=O) groups excluding carboxylic acids is 1. The van der Waals surface area contributed by atoms with Crippen LogP contribution in [-0.2, 0) is 4.79 Å². The lowest BCUT2D eigenvalue weighted by Crippen LogP contribution is -2.38. The highest BCUT2D eigenvalue weighted by atomic mass is 16.1. The molecule has 2 atom stereocenters. The van der Waals surface area contributed by atoms with E-state index in [2.05, 4.69) is 12.2 Å². The second kappa shape index (κ2) is 7.07. The van der Waals surface area contributed by atoms with Gasteiger partial charge in [0.05, 0.1) is 5.92 Å². The van der Waals surface area contributed by atoms with Gasteiger partial charge in [-0.3, -0.25) is 4.79 Å². The summed E-state index contributed by atoms with van der Waals surface area (Å²) in [5.74, 6) is -0.0761. The van der Waals surface area contributed by atoms with Crippen molar-refractivity contribution < 1.29 is 4.79 Å². The van der Waals surface area contributed by atoms with E-state index in [1.54, 1.807) is 0 Å². The molecule has 0 aliphatic rings. The Balaban J connectivity index is 2.43. The summed E-state index contributed by atoms with van der Waals surface area (Å²) in [6.45, 7) is 4.56. The third-order valence-corrected chi connectivity index (χ3v) is 2.89. The van der Waals surface area contributed by atoms with Gasteiger partial charge in [0.1, 0.15) is 0 Å². The number of hydrogen-bond acceptors (Lipinski definition) is 2. The van der Waals surface area contributed by atoms with Crippen LogP contribution >= 0.6 is 0 Å². The maximum Gasteiger partial charge on any atom is 0.227 e. The SMILES string of the molecule is CCCC(N)CNC(=O)C(C)c1ccccc1. The van der Waals surface area contributed by atoms with Crippen molar-refractivity contribution in [2.75, 3.05) is 6.54 Å². The van der Waals surface area contributed by atoms with Gasteiger partial charge in [-0.05, 0) is 18.9 Å². The molecule has 0 spiro atoms. The summed E-state index contributed by atoms with van der Waals surface area (Å²) in [5.41, 5.74) is 6.89. The topological polar surface area (TPSA) is 55.1 Å². The van der Waals surface area contributed by atoms with Crippen LogP contribution in [0, 0.1) is 0 Å². The van der Waals surface area contributed by atoms with Crippen LogP contribution in [0.2, 0.25) is 0 Å². The molecule has 1 rings (SSSR count). The van der Waals surface area contributed by atoms with Gasteiger partial charge in [-0.2, -0.15) is 0 Å². The van der Waals surface area contributed by atoms with E-state index < -0.39 is 0 Å². The van der Waals surface area contributed by atoms with E-state index in [9.17, 15) is 4.79 Å². The van der Waals surface area contributed by atoms with Gasteiger partial charge < -0.3 is 11.1 Å². The number of rotatable bonds is 6. The highest BCUT2D eigenvalue weighted by molar-refractivity contribution is 5.83. The molecule has 0 aromatic heterocycles. The van der Waals surface area contributed by atoms with E-state index in [0.29, 0.717) is 6.54 Å². The number of carbonyl (C=O) groups is 1. The van der Waals surface area contributed by atoms with Crippen LogP contribution in [0.5, 0.6) is 0 Å². The van der Waals surface area contributed by atoms with Gasteiger partial charge in [0.15, 0.2) is 0 Å². The van der Waals surface area contributed by atoms with Crippen molar-refractivity contribution in [1.82, 2.24) is 5.32 Å². The van der Waals surface area contributed by atoms with Crippen molar-refractivity contribution >= 4 is 5.91 Å². The van der Waals surface area contributed by atoms with Gasteiger partial charge in [-0.15, -0.1) is 0 Å². The van der Waals surface area contributed by atoms with Crippen molar-refractivity contribution in [1.29, 1.82) is 0 Å². The summed E-state index contributed by atoms with van der Waals surface area (Å²) in [6, 6.07) is 9.84. The molecule has 3 N–H and O–H groups in total. The monoisotopic (exact) mass is 234 g/mol. The fraction of sp³-hybridized carbons (Fsp3) is 0.500. The molecule has 17 heavy (non-hydrogen) atoms. The number of benzene rings is 1. The summed E-state index contributed by atoms with van der Waals surface area (Å²) < 4.78 is 0. The fourth-order valence-electron chi connectivity index (χ4n) is 1.75. The van der Waals surface area contributed by atoms with E-state index in [1.807, 2.05) is 37.3 Å². The van der Waals surface area contributed by atoms with Gasteiger partial charge in [-0.1, -0.05) is 43.7 Å². The zero-order valence-electron chi connectivity index (χ0n) is 10.6. The summed E-state index contributed by atoms with van der Waals surface area (Å²) >= 11 is 0. The molecular formula is C14H22N2O. The van der Waals surface area contributed by atoms with Crippen molar-refractivity contribution in [3.63, 3.8) is 0 Å². The number of nitrogens with two attached hydrogens (primary N) is 1. The number of hydrogen-bond donors (Lipinski definition) is 2. The van der Waals surface area contributed by atoms with Crippen LogP contribution in [-0.4, -0.2) is 18.5 Å². The van der Waals surface area contributed by atoms with E-state index in [0.717, 1.165) is 18.4 Å². The highest BCUT2D eigenvalue weighted by Crippen LogP contribution is 2.14. The van der Waals surface area contributed by atoms with Crippen LogP contribution in [0.1, 0.15) is 38.2 Å². The minimum atomic E-state index is -0.120. The van der Waals surface area contributed by atoms with E-state index >= 15 is 0 Å². The van der Waals surface area contributed by atoms with Crippen molar-refractivity contribution in [3.8, 4) is 0 Å². The average Bonchev–Trinajstić information content (AvgIpc) is 2.36. The molecule has 0 aliphatic heterocycles. The Morgan fingerprint density at radius 2 is 2.00 bits per heavy atom. The predicted octanol–water partition coefficient (Wildman–Crippen LogP) is 2.03. The van der Waals surface area contributed by atoms with Gasteiger partial charge in [0.2, 0.25) is 5.91 Å². The van der Waals surface area contributed by atoms with Crippen LogP contribution in [0.4, 0.5) is 0 Å². The average molecular weight is 234 g/mol. The standard InChI is InChI=1S/C14H22N2O/c1-3-7-13(15)10-16-14(17)11(2)12-8-5-4-6-9-12/h4-6,8-9,11,13H,3,7,10,15H2,1-2H3,(H,16,17).